The number of halogens is 1. The summed E-state index contributed by atoms with van der Waals surface area (Å²) >= 11 is 6.39. The van der Waals surface area contributed by atoms with Crippen LogP contribution in [0, 0.1) is 0 Å². The van der Waals surface area contributed by atoms with E-state index >= 15 is 0 Å². The van der Waals surface area contributed by atoms with Crippen molar-refractivity contribution < 1.29 is 0 Å². The van der Waals surface area contributed by atoms with E-state index in [1.54, 1.807) is 6.20 Å². The zero-order chi connectivity index (χ0) is 21.4. The van der Waals surface area contributed by atoms with Gasteiger partial charge in [0.1, 0.15) is 11.6 Å². The molecule has 3 aromatic heterocycles. The number of anilines is 2. The molecule has 0 atom stereocenters. The first-order chi connectivity index (χ1) is 15.1. The topological polar surface area (TPSA) is 82.6 Å². The van der Waals surface area contributed by atoms with Gasteiger partial charge >= 0.3 is 0 Å². The highest BCUT2D eigenvalue weighted by Gasteiger charge is 2.15. The summed E-state index contributed by atoms with van der Waals surface area (Å²) in [7, 11) is 3.99. The number of para-hydroxylation sites is 2. The highest BCUT2D eigenvalue weighted by molar-refractivity contribution is 6.33. The van der Waals surface area contributed by atoms with Gasteiger partial charge in [-0.05, 0) is 38.4 Å². The molecule has 0 unspecified atom stereocenters. The number of nitrogens with one attached hydrogen (secondary N) is 2. The Hall–Kier alpha value is -3.55. The van der Waals surface area contributed by atoms with Crippen LogP contribution in [0.3, 0.4) is 0 Å². The summed E-state index contributed by atoms with van der Waals surface area (Å²) in [4.78, 5) is 14.7. The van der Waals surface area contributed by atoms with Crippen molar-refractivity contribution in [2.24, 2.45) is 0 Å². The molecule has 0 saturated heterocycles. The molecule has 0 spiro atoms. The van der Waals surface area contributed by atoms with E-state index in [1.807, 2.05) is 73.7 Å². The number of benzene rings is 2. The fourth-order valence-electron chi connectivity index (χ4n) is 3.63. The predicted molar refractivity (Wildman–Crippen MR) is 125 cm³/mol. The number of fused-ring (bicyclic) bond motifs is 3. The Morgan fingerprint density at radius 3 is 2.68 bits per heavy atom. The standard InChI is InChI=1S/C23H20ClN7/c1-31(2)13-20-27-23(30-29-20)16-7-5-6-14-17-12-25-11-10-15(17)22(28-21(14)16)26-19-9-4-3-8-18(19)24/h3-12H,13H2,1-2H3,(H,26,28)(H,27,29,30). The van der Waals surface area contributed by atoms with Gasteiger partial charge in [-0.3, -0.25) is 4.98 Å². The van der Waals surface area contributed by atoms with Crippen LogP contribution in [0.1, 0.15) is 5.82 Å². The largest absolute Gasteiger partial charge is 0.338 e. The highest BCUT2D eigenvalue weighted by atomic mass is 35.5. The van der Waals surface area contributed by atoms with Crippen LogP contribution in [-0.2, 0) is 6.54 Å². The summed E-state index contributed by atoms with van der Waals surface area (Å²) in [6.07, 6.45) is 3.63. The van der Waals surface area contributed by atoms with E-state index in [4.69, 9.17) is 16.6 Å². The van der Waals surface area contributed by atoms with Gasteiger partial charge in [0.2, 0.25) is 0 Å². The first-order valence-corrected chi connectivity index (χ1v) is 10.2. The lowest BCUT2D eigenvalue weighted by Crippen LogP contribution is -2.11. The lowest BCUT2D eigenvalue weighted by atomic mass is 10.0. The van der Waals surface area contributed by atoms with Gasteiger partial charge in [0, 0.05) is 34.1 Å². The summed E-state index contributed by atoms with van der Waals surface area (Å²) in [6, 6.07) is 15.6. The van der Waals surface area contributed by atoms with Crippen molar-refractivity contribution in [1.29, 1.82) is 0 Å². The van der Waals surface area contributed by atoms with Crippen molar-refractivity contribution in [3.63, 3.8) is 0 Å². The van der Waals surface area contributed by atoms with E-state index in [0.29, 0.717) is 23.2 Å². The Labute approximate surface area is 184 Å². The maximum Gasteiger partial charge on any atom is 0.163 e. The molecule has 31 heavy (non-hydrogen) atoms. The summed E-state index contributed by atoms with van der Waals surface area (Å²) < 4.78 is 0. The number of aromatic nitrogens is 5. The predicted octanol–water partition coefficient (Wildman–Crippen LogP) is 5.03. The Kier molecular flexibility index (Phi) is 4.97. The third kappa shape index (κ3) is 3.69. The Bertz CT molecular complexity index is 1390. The minimum absolute atomic E-state index is 0.628. The van der Waals surface area contributed by atoms with Crippen LogP contribution in [0.25, 0.3) is 33.1 Å². The van der Waals surface area contributed by atoms with Crippen molar-refractivity contribution >= 4 is 44.8 Å². The molecular weight excluding hydrogens is 410 g/mol. The van der Waals surface area contributed by atoms with Crippen LogP contribution in [0.5, 0.6) is 0 Å². The third-order valence-electron chi connectivity index (χ3n) is 5.01. The molecule has 0 amide bonds. The molecule has 8 heteroatoms. The molecular formula is C23H20ClN7. The van der Waals surface area contributed by atoms with Crippen molar-refractivity contribution in [2.75, 3.05) is 19.4 Å². The maximum absolute atomic E-state index is 6.39. The van der Waals surface area contributed by atoms with E-state index in [-0.39, 0.29) is 0 Å². The van der Waals surface area contributed by atoms with Crippen molar-refractivity contribution in [3.05, 3.63) is 71.8 Å². The van der Waals surface area contributed by atoms with E-state index in [9.17, 15) is 0 Å². The zero-order valence-electron chi connectivity index (χ0n) is 17.1. The lowest BCUT2D eigenvalue weighted by molar-refractivity contribution is 0.391. The monoisotopic (exact) mass is 429 g/mol. The normalized spacial score (nSPS) is 11.5. The van der Waals surface area contributed by atoms with E-state index in [1.165, 1.54) is 0 Å². The van der Waals surface area contributed by atoms with Crippen molar-refractivity contribution in [3.8, 4) is 11.4 Å². The molecule has 154 valence electrons. The number of aromatic amines is 1. The first-order valence-electron chi connectivity index (χ1n) is 9.85. The number of pyridine rings is 2. The molecule has 5 aromatic rings. The number of hydrogen-bond acceptors (Lipinski definition) is 6. The molecule has 2 aromatic carbocycles. The second-order valence-electron chi connectivity index (χ2n) is 7.55. The van der Waals surface area contributed by atoms with E-state index in [2.05, 4.69) is 25.5 Å². The third-order valence-corrected chi connectivity index (χ3v) is 5.34. The summed E-state index contributed by atoms with van der Waals surface area (Å²) in [5.41, 5.74) is 2.48. The molecule has 2 N–H and O–H groups in total. The second kappa shape index (κ2) is 7.94. The van der Waals surface area contributed by atoms with Gasteiger partial charge < -0.3 is 15.2 Å². The van der Waals surface area contributed by atoms with Crippen LogP contribution in [0.15, 0.2) is 60.9 Å². The van der Waals surface area contributed by atoms with E-state index in [0.717, 1.165) is 38.8 Å². The smallest absolute Gasteiger partial charge is 0.163 e. The average molecular weight is 430 g/mol. The van der Waals surface area contributed by atoms with Crippen LogP contribution in [0.4, 0.5) is 11.5 Å². The van der Waals surface area contributed by atoms with Gasteiger partial charge in [-0.15, -0.1) is 10.2 Å². The number of H-pyrrole nitrogens is 1. The number of rotatable bonds is 5. The fraction of sp³-hybridized carbons (Fsp3) is 0.130. The quantitative estimate of drug-likeness (QED) is 0.381. The Balaban J connectivity index is 1.71. The molecule has 7 nitrogen and oxygen atoms in total. The molecule has 0 saturated carbocycles. The minimum Gasteiger partial charge on any atom is -0.338 e. The zero-order valence-corrected chi connectivity index (χ0v) is 17.9. The van der Waals surface area contributed by atoms with Gasteiger partial charge in [-0.25, -0.2) is 4.98 Å². The summed E-state index contributed by atoms with van der Waals surface area (Å²) in [5.74, 6) is 2.19. The van der Waals surface area contributed by atoms with E-state index < -0.39 is 0 Å². The van der Waals surface area contributed by atoms with Crippen molar-refractivity contribution in [1.82, 2.24) is 30.0 Å². The SMILES string of the molecule is CN(C)Cc1nnc(-c2cccc3c2nc(Nc2ccccc2Cl)c2ccncc23)[nH]1. The van der Waals surface area contributed by atoms with Gasteiger partial charge in [-0.2, -0.15) is 0 Å². The Morgan fingerprint density at radius 1 is 0.968 bits per heavy atom. The lowest BCUT2D eigenvalue weighted by Gasteiger charge is -2.13. The van der Waals surface area contributed by atoms with Gasteiger partial charge in [0.05, 0.1) is 22.8 Å². The minimum atomic E-state index is 0.628. The summed E-state index contributed by atoms with van der Waals surface area (Å²) in [6.45, 7) is 0.678. The molecule has 0 bridgehead atoms. The average Bonchev–Trinajstić information content (AvgIpc) is 3.22. The number of hydrogen-bond donors (Lipinski definition) is 2. The second-order valence-corrected chi connectivity index (χ2v) is 7.95. The fourth-order valence-corrected chi connectivity index (χ4v) is 3.82. The molecule has 3 heterocycles. The molecule has 0 aliphatic rings. The molecule has 0 fully saturated rings. The molecule has 0 aliphatic carbocycles. The van der Waals surface area contributed by atoms with Crippen molar-refractivity contribution in [2.45, 2.75) is 6.54 Å². The first kappa shape index (κ1) is 19.4. The molecule has 0 radical (unpaired) electrons. The van der Waals surface area contributed by atoms with Gasteiger partial charge in [0.15, 0.2) is 5.82 Å². The van der Waals surface area contributed by atoms with Crippen LogP contribution >= 0.6 is 11.6 Å². The maximum atomic E-state index is 6.39. The highest BCUT2D eigenvalue weighted by Crippen LogP contribution is 2.35. The summed E-state index contributed by atoms with van der Waals surface area (Å²) in [5, 5.41) is 15.6. The number of nitrogens with zero attached hydrogens (tertiary/aromatic N) is 5. The molecule has 0 aliphatic heterocycles. The van der Waals surface area contributed by atoms with Crippen LogP contribution < -0.4 is 5.32 Å². The van der Waals surface area contributed by atoms with Gasteiger partial charge in [0.25, 0.3) is 0 Å². The van der Waals surface area contributed by atoms with Gasteiger partial charge in [-0.1, -0.05) is 35.9 Å². The Morgan fingerprint density at radius 2 is 1.84 bits per heavy atom. The van der Waals surface area contributed by atoms with Crippen LogP contribution in [-0.4, -0.2) is 44.1 Å². The molecule has 5 rings (SSSR count). The van der Waals surface area contributed by atoms with Crippen LogP contribution in [0.2, 0.25) is 5.02 Å².